The Morgan fingerprint density at radius 2 is 1.89 bits per heavy atom. The van der Waals surface area contributed by atoms with Gasteiger partial charge in [-0.15, -0.1) is 12.4 Å². The molecule has 19 heavy (non-hydrogen) atoms. The minimum Gasteiger partial charge on any atom is -0.486 e. The third-order valence-electron chi connectivity index (χ3n) is 2.45. The highest BCUT2D eigenvalue weighted by Crippen LogP contribution is 2.16. The van der Waals surface area contributed by atoms with E-state index in [0.717, 1.165) is 5.75 Å². The molecule has 0 aliphatic carbocycles. The first-order valence-corrected chi connectivity index (χ1v) is 6.19. The SMILES string of the molecule is CNCCC(=O)NCC(C)(C)Oc1ccccc1.Cl. The van der Waals surface area contributed by atoms with Crippen molar-refractivity contribution in [2.45, 2.75) is 25.9 Å². The van der Waals surface area contributed by atoms with Gasteiger partial charge in [-0.3, -0.25) is 4.79 Å². The van der Waals surface area contributed by atoms with Crippen LogP contribution in [0, 0.1) is 0 Å². The van der Waals surface area contributed by atoms with Gasteiger partial charge in [0.25, 0.3) is 0 Å². The van der Waals surface area contributed by atoms with Crippen LogP contribution in [0.2, 0.25) is 0 Å². The summed E-state index contributed by atoms with van der Waals surface area (Å²) in [5, 5.41) is 5.82. The van der Waals surface area contributed by atoms with Gasteiger partial charge in [0.2, 0.25) is 5.91 Å². The molecule has 0 unspecified atom stereocenters. The fraction of sp³-hybridized carbons (Fsp3) is 0.500. The third kappa shape index (κ3) is 7.70. The molecule has 0 heterocycles. The minimum atomic E-state index is -0.420. The molecule has 0 bridgehead atoms. The molecule has 0 saturated heterocycles. The fourth-order valence-corrected chi connectivity index (χ4v) is 1.48. The van der Waals surface area contributed by atoms with E-state index in [-0.39, 0.29) is 18.3 Å². The lowest BCUT2D eigenvalue weighted by Gasteiger charge is -2.26. The zero-order valence-corrected chi connectivity index (χ0v) is 12.5. The number of nitrogens with one attached hydrogen (secondary N) is 2. The van der Waals surface area contributed by atoms with Crippen LogP contribution in [0.1, 0.15) is 20.3 Å². The molecule has 0 spiro atoms. The van der Waals surface area contributed by atoms with Crippen molar-refractivity contribution in [3.05, 3.63) is 30.3 Å². The number of para-hydroxylation sites is 1. The summed E-state index contributed by atoms with van der Waals surface area (Å²) in [5.74, 6) is 0.848. The fourth-order valence-electron chi connectivity index (χ4n) is 1.48. The molecule has 0 aliphatic rings. The van der Waals surface area contributed by atoms with Gasteiger partial charge in [0.05, 0.1) is 6.54 Å². The van der Waals surface area contributed by atoms with Crippen molar-refractivity contribution in [3.63, 3.8) is 0 Å². The summed E-state index contributed by atoms with van der Waals surface area (Å²) in [6.07, 6.45) is 0.484. The second-order valence-electron chi connectivity index (χ2n) is 4.81. The predicted molar refractivity (Wildman–Crippen MR) is 80.0 cm³/mol. The number of halogens is 1. The molecule has 1 aromatic carbocycles. The average Bonchev–Trinajstić information content (AvgIpc) is 2.35. The smallest absolute Gasteiger partial charge is 0.221 e. The molecular weight excluding hydrogens is 264 g/mol. The molecule has 0 radical (unpaired) electrons. The average molecular weight is 287 g/mol. The summed E-state index contributed by atoms with van der Waals surface area (Å²) in [4.78, 5) is 11.5. The van der Waals surface area contributed by atoms with Gasteiger partial charge in [-0.25, -0.2) is 0 Å². The van der Waals surface area contributed by atoms with Crippen molar-refractivity contribution >= 4 is 18.3 Å². The highest BCUT2D eigenvalue weighted by atomic mass is 35.5. The molecule has 5 heteroatoms. The van der Waals surface area contributed by atoms with Crippen LogP contribution in [0.15, 0.2) is 30.3 Å². The number of carbonyl (C=O) groups excluding carboxylic acids is 1. The topological polar surface area (TPSA) is 50.4 Å². The molecule has 0 aliphatic heterocycles. The van der Waals surface area contributed by atoms with Gasteiger partial charge in [0.1, 0.15) is 11.4 Å². The van der Waals surface area contributed by atoms with E-state index in [1.807, 2.05) is 51.2 Å². The Kier molecular flexibility index (Phi) is 8.19. The molecular formula is C14H23ClN2O2. The van der Waals surface area contributed by atoms with Gasteiger partial charge in [-0.05, 0) is 33.0 Å². The van der Waals surface area contributed by atoms with Gasteiger partial charge in [0.15, 0.2) is 0 Å². The minimum absolute atomic E-state index is 0. The Morgan fingerprint density at radius 3 is 2.47 bits per heavy atom. The first-order valence-electron chi connectivity index (χ1n) is 6.19. The quantitative estimate of drug-likeness (QED) is 0.806. The maximum atomic E-state index is 11.5. The Labute approximate surface area is 121 Å². The van der Waals surface area contributed by atoms with Crippen LogP contribution >= 0.6 is 12.4 Å². The Balaban J connectivity index is 0.00000324. The molecule has 4 nitrogen and oxygen atoms in total. The Bertz CT molecular complexity index is 369. The molecule has 1 rings (SSSR count). The van der Waals surface area contributed by atoms with Crippen LogP contribution in [-0.2, 0) is 4.79 Å². The first kappa shape index (κ1) is 17.7. The van der Waals surface area contributed by atoms with Gasteiger partial charge < -0.3 is 15.4 Å². The molecule has 1 amide bonds. The predicted octanol–water partition coefficient (Wildman–Crippen LogP) is 1.99. The highest BCUT2D eigenvalue weighted by molar-refractivity contribution is 5.85. The van der Waals surface area contributed by atoms with Crippen LogP contribution in [0.25, 0.3) is 0 Å². The lowest BCUT2D eigenvalue weighted by atomic mass is 10.1. The number of hydrogen-bond donors (Lipinski definition) is 2. The largest absolute Gasteiger partial charge is 0.486 e. The van der Waals surface area contributed by atoms with Crippen molar-refractivity contribution < 1.29 is 9.53 Å². The molecule has 1 aromatic rings. The summed E-state index contributed by atoms with van der Waals surface area (Å²) in [7, 11) is 1.83. The maximum Gasteiger partial charge on any atom is 0.221 e. The van der Waals surface area contributed by atoms with Gasteiger partial charge >= 0.3 is 0 Å². The summed E-state index contributed by atoms with van der Waals surface area (Å²) in [6.45, 7) is 5.09. The van der Waals surface area contributed by atoms with E-state index in [4.69, 9.17) is 4.74 Å². The monoisotopic (exact) mass is 286 g/mol. The number of carbonyl (C=O) groups is 1. The van der Waals surface area contributed by atoms with E-state index in [2.05, 4.69) is 10.6 Å². The number of ether oxygens (including phenoxy) is 1. The van der Waals surface area contributed by atoms with E-state index < -0.39 is 5.60 Å². The molecule has 0 fully saturated rings. The normalized spacial score (nSPS) is 10.5. The third-order valence-corrected chi connectivity index (χ3v) is 2.45. The standard InChI is InChI=1S/C14H22N2O2.ClH/c1-14(2,11-16-13(17)9-10-15-3)18-12-7-5-4-6-8-12;/h4-8,15H,9-11H2,1-3H3,(H,16,17);1H. The van der Waals surface area contributed by atoms with E-state index in [1.165, 1.54) is 0 Å². The molecule has 0 saturated carbocycles. The lowest BCUT2D eigenvalue weighted by molar-refractivity contribution is -0.121. The van der Waals surface area contributed by atoms with Crippen LogP contribution in [0.4, 0.5) is 0 Å². The van der Waals surface area contributed by atoms with E-state index in [1.54, 1.807) is 0 Å². The zero-order chi connectivity index (χ0) is 13.4. The van der Waals surface area contributed by atoms with Crippen molar-refractivity contribution in [2.75, 3.05) is 20.1 Å². The van der Waals surface area contributed by atoms with Crippen LogP contribution in [0.3, 0.4) is 0 Å². The van der Waals surface area contributed by atoms with Crippen molar-refractivity contribution in [3.8, 4) is 5.75 Å². The van der Waals surface area contributed by atoms with Crippen molar-refractivity contribution in [1.29, 1.82) is 0 Å². The molecule has 0 atom stereocenters. The number of hydrogen-bond acceptors (Lipinski definition) is 3. The van der Waals surface area contributed by atoms with Crippen LogP contribution < -0.4 is 15.4 Å². The first-order chi connectivity index (χ1) is 8.53. The van der Waals surface area contributed by atoms with Crippen molar-refractivity contribution in [1.82, 2.24) is 10.6 Å². The van der Waals surface area contributed by atoms with E-state index in [0.29, 0.717) is 19.5 Å². The highest BCUT2D eigenvalue weighted by Gasteiger charge is 2.20. The molecule has 108 valence electrons. The second kappa shape index (κ2) is 8.77. The summed E-state index contributed by atoms with van der Waals surface area (Å²) >= 11 is 0. The Hall–Kier alpha value is -1.26. The number of rotatable bonds is 7. The molecule has 2 N–H and O–H groups in total. The van der Waals surface area contributed by atoms with Gasteiger partial charge in [0, 0.05) is 13.0 Å². The van der Waals surface area contributed by atoms with Gasteiger partial charge in [-0.2, -0.15) is 0 Å². The lowest BCUT2D eigenvalue weighted by Crippen LogP contribution is -2.43. The Morgan fingerprint density at radius 1 is 1.26 bits per heavy atom. The molecule has 0 aromatic heterocycles. The van der Waals surface area contributed by atoms with Crippen molar-refractivity contribution in [2.24, 2.45) is 0 Å². The second-order valence-corrected chi connectivity index (χ2v) is 4.81. The van der Waals surface area contributed by atoms with Crippen LogP contribution in [-0.4, -0.2) is 31.6 Å². The summed E-state index contributed by atoms with van der Waals surface area (Å²) < 4.78 is 5.83. The number of amides is 1. The zero-order valence-electron chi connectivity index (χ0n) is 11.7. The maximum absolute atomic E-state index is 11.5. The van der Waals surface area contributed by atoms with Crippen LogP contribution in [0.5, 0.6) is 5.75 Å². The summed E-state index contributed by atoms with van der Waals surface area (Å²) in [6, 6.07) is 9.61. The van der Waals surface area contributed by atoms with Gasteiger partial charge in [-0.1, -0.05) is 18.2 Å². The van der Waals surface area contributed by atoms with E-state index >= 15 is 0 Å². The van der Waals surface area contributed by atoms with E-state index in [9.17, 15) is 4.79 Å². The summed E-state index contributed by atoms with van der Waals surface area (Å²) in [5.41, 5.74) is -0.420. The number of benzene rings is 1.